The molecule has 102 valence electrons. The number of H-pyrrole nitrogens is 1. The molecule has 8 heteroatoms. The van der Waals surface area contributed by atoms with E-state index in [-0.39, 0.29) is 16.8 Å². The Labute approximate surface area is 119 Å². The number of nitrogens with two attached hydrogens (primary N) is 1. The Hall–Kier alpha value is -1.38. The summed E-state index contributed by atoms with van der Waals surface area (Å²) in [6.45, 7) is 1.76. The predicted octanol–water partition coefficient (Wildman–Crippen LogP) is 1.79. The number of hydrogen-bond acceptors (Lipinski definition) is 4. The fraction of sp³-hybridized carbons (Fsp3) is 0.182. The Bertz CT molecular complexity index is 666. The first-order valence-electron chi connectivity index (χ1n) is 5.47. The molecule has 0 saturated heterocycles. The number of nitrogens with one attached hydrogen (secondary N) is 2. The summed E-state index contributed by atoms with van der Waals surface area (Å²) in [6, 6.07) is 7.03. The Morgan fingerprint density at radius 3 is 2.53 bits per heavy atom. The molecule has 0 radical (unpaired) electrons. The summed E-state index contributed by atoms with van der Waals surface area (Å²) in [5.74, 6) is 0.0236. The molecule has 6 nitrogen and oxygen atoms in total. The third-order valence-corrected chi connectivity index (χ3v) is 4.72. The van der Waals surface area contributed by atoms with Crippen LogP contribution in [0.5, 0.6) is 0 Å². The van der Waals surface area contributed by atoms with Crippen molar-refractivity contribution in [1.82, 2.24) is 14.9 Å². The van der Waals surface area contributed by atoms with Crippen molar-refractivity contribution in [3.63, 3.8) is 0 Å². The highest BCUT2D eigenvalue weighted by Crippen LogP contribution is 2.20. The maximum atomic E-state index is 12.1. The van der Waals surface area contributed by atoms with E-state index in [0.29, 0.717) is 0 Å². The number of benzene rings is 1. The fourth-order valence-corrected chi connectivity index (χ4v) is 3.13. The molecule has 0 aliphatic heterocycles. The highest BCUT2D eigenvalue weighted by Gasteiger charge is 2.22. The van der Waals surface area contributed by atoms with Crippen LogP contribution in [0.4, 0.5) is 5.82 Å². The van der Waals surface area contributed by atoms with Gasteiger partial charge in [-0.1, -0.05) is 28.1 Å². The van der Waals surface area contributed by atoms with Crippen molar-refractivity contribution >= 4 is 31.8 Å². The quantitative estimate of drug-likeness (QED) is 0.786. The smallest absolute Gasteiger partial charge is 0.246 e. The van der Waals surface area contributed by atoms with E-state index in [4.69, 9.17) is 5.73 Å². The molecule has 4 N–H and O–H groups in total. The standard InChI is InChI=1S/C11H13BrN4O2S/c1-7(8-2-4-9(12)5-3-8)16-19(17,18)10-6-14-15-11(10)13/h2-7,16H,1H3,(H3,13,14,15)/t7-/m1/s1. The summed E-state index contributed by atoms with van der Waals surface area (Å²) >= 11 is 3.33. The van der Waals surface area contributed by atoms with Crippen LogP contribution in [0.1, 0.15) is 18.5 Å². The van der Waals surface area contributed by atoms with E-state index in [1.54, 1.807) is 6.92 Å². The Balaban J connectivity index is 2.21. The number of aromatic nitrogens is 2. The van der Waals surface area contributed by atoms with Gasteiger partial charge in [-0.05, 0) is 24.6 Å². The molecule has 1 aromatic carbocycles. The lowest BCUT2D eigenvalue weighted by atomic mass is 10.1. The largest absolute Gasteiger partial charge is 0.383 e. The number of aromatic amines is 1. The van der Waals surface area contributed by atoms with Crippen molar-refractivity contribution in [3.8, 4) is 0 Å². The van der Waals surface area contributed by atoms with Gasteiger partial charge in [-0.2, -0.15) is 5.10 Å². The van der Waals surface area contributed by atoms with Crippen LogP contribution in [-0.4, -0.2) is 18.6 Å². The molecule has 0 fully saturated rings. The predicted molar refractivity (Wildman–Crippen MR) is 75.9 cm³/mol. The second-order valence-electron chi connectivity index (χ2n) is 4.04. The molecule has 0 saturated carbocycles. The summed E-state index contributed by atoms with van der Waals surface area (Å²) in [7, 11) is -3.69. The number of nitrogen functional groups attached to an aromatic ring is 1. The molecule has 2 rings (SSSR count). The molecular formula is C11H13BrN4O2S. The number of hydrogen-bond donors (Lipinski definition) is 3. The first kappa shape index (κ1) is 14.0. The molecule has 1 aromatic heterocycles. The van der Waals surface area contributed by atoms with Crippen LogP contribution in [-0.2, 0) is 10.0 Å². The number of halogens is 1. The van der Waals surface area contributed by atoms with E-state index in [2.05, 4.69) is 30.8 Å². The van der Waals surface area contributed by atoms with E-state index in [1.807, 2.05) is 24.3 Å². The molecule has 0 unspecified atom stereocenters. The van der Waals surface area contributed by atoms with Crippen molar-refractivity contribution in [1.29, 1.82) is 0 Å². The second kappa shape index (κ2) is 5.32. The lowest BCUT2D eigenvalue weighted by Crippen LogP contribution is -2.27. The lowest BCUT2D eigenvalue weighted by Gasteiger charge is -2.14. The summed E-state index contributed by atoms with van der Waals surface area (Å²) in [4.78, 5) is -0.0449. The zero-order valence-corrected chi connectivity index (χ0v) is 12.5. The summed E-state index contributed by atoms with van der Waals surface area (Å²) in [5.41, 5.74) is 6.37. The highest BCUT2D eigenvalue weighted by molar-refractivity contribution is 9.10. The van der Waals surface area contributed by atoms with Crippen molar-refractivity contribution in [2.24, 2.45) is 0 Å². The Morgan fingerprint density at radius 1 is 1.37 bits per heavy atom. The van der Waals surface area contributed by atoms with Gasteiger partial charge in [0.25, 0.3) is 0 Å². The summed E-state index contributed by atoms with van der Waals surface area (Å²) < 4.78 is 27.7. The van der Waals surface area contributed by atoms with E-state index < -0.39 is 10.0 Å². The SMILES string of the molecule is C[C@@H](NS(=O)(=O)c1cn[nH]c1N)c1ccc(Br)cc1. The van der Waals surface area contributed by atoms with Crippen LogP contribution in [0.3, 0.4) is 0 Å². The molecule has 0 bridgehead atoms. The first-order valence-corrected chi connectivity index (χ1v) is 7.74. The number of rotatable bonds is 4. The molecular weight excluding hydrogens is 332 g/mol. The number of nitrogens with zero attached hydrogens (tertiary/aromatic N) is 1. The van der Waals surface area contributed by atoms with Crippen LogP contribution >= 0.6 is 15.9 Å². The van der Waals surface area contributed by atoms with Gasteiger partial charge in [0, 0.05) is 10.5 Å². The third kappa shape index (κ3) is 3.14. The van der Waals surface area contributed by atoms with Gasteiger partial charge >= 0.3 is 0 Å². The van der Waals surface area contributed by atoms with E-state index >= 15 is 0 Å². The van der Waals surface area contributed by atoms with Crippen LogP contribution in [0.15, 0.2) is 39.8 Å². The van der Waals surface area contributed by atoms with Gasteiger partial charge in [-0.3, -0.25) is 5.10 Å². The normalized spacial score (nSPS) is 13.4. The van der Waals surface area contributed by atoms with E-state index in [9.17, 15) is 8.42 Å². The average Bonchev–Trinajstić information content (AvgIpc) is 2.76. The zero-order valence-electron chi connectivity index (χ0n) is 10.1. The van der Waals surface area contributed by atoms with Crippen molar-refractivity contribution in [3.05, 3.63) is 40.5 Å². The lowest BCUT2D eigenvalue weighted by molar-refractivity contribution is 0.567. The minimum Gasteiger partial charge on any atom is -0.383 e. The number of anilines is 1. The van der Waals surface area contributed by atoms with Gasteiger partial charge in [-0.25, -0.2) is 13.1 Å². The minimum atomic E-state index is -3.69. The monoisotopic (exact) mass is 344 g/mol. The van der Waals surface area contributed by atoms with Crippen LogP contribution in [0.25, 0.3) is 0 Å². The highest BCUT2D eigenvalue weighted by atomic mass is 79.9. The van der Waals surface area contributed by atoms with Gasteiger partial charge in [0.2, 0.25) is 10.0 Å². The second-order valence-corrected chi connectivity index (χ2v) is 6.64. The molecule has 1 heterocycles. The maximum Gasteiger partial charge on any atom is 0.246 e. The fourth-order valence-electron chi connectivity index (χ4n) is 1.61. The summed E-state index contributed by atoms with van der Waals surface area (Å²) in [5, 5.41) is 6.00. The van der Waals surface area contributed by atoms with Crippen LogP contribution in [0.2, 0.25) is 0 Å². The van der Waals surface area contributed by atoms with E-state index in [0.717, 1.165) is 10.0 Å². The van der Waals surface area contributed by atoms with Crippen molar-refractivity contribution in [2.45, 2.75) is 17.9 Å². The Kier molecular flexibility index (Phi) is 3.93. The van der Waals surface area contributed by atoms with E-state index in [1.165, 1.54) is 6.20 Å². The van der Waals surface area contributed by atoms with Crippen LogP contribution in [0, 0.1) is 0 Å². The molecule has 19 heavy (non-hydrogen) atoms. The van der Waals surface area contributed by atoms with Crippen LogP contribution < -0.4 is 10.5 Å². The summed E-state index contributed by atoms with van der Waals surface area (Å²) in [6.07, 6.45) is 1.19. The van der Waals surface area contributed by atoms with Gasteiger partial charge in [-0.15, -0.1) is 0 Å². The van der Waals surface area contributed by atoms with Gasteiger partial charge in [0.05, 0.1) is 6.20 Å². The third-order valence-electron chi connectivity index (χ3n) is 2.62. The van der Waals surface area contributed by atoms with Crippen molar-refractivity contribution < 1.29 is 8.42 Å². The molecule has 0 spiro atoms. The number of sulfonamides is 1. The maximum absolute atomic E-state index is 12.1. The molecule has 0 aliphatic rings. The first-order chi connectivity index (χ1) is 8.90. The minimum absolute atomic E-state index is 0.0236. The van der Waals surface area contributed by atoms with Crippen molar-refractivity contribution in [2.75, 3.05) is 5.73 Å². The van der Waals surface area contributed by atoms with Gasteiger partial charge < -0.3 is 5.73 Å². The topological polar surface area (TPSA) is 101 Å². The molecule has 0 amide bonds. The Morgan fingerprint density at radius 2 is 2.00 bits per heavy atom. The zero-order chi connectivity index (χ0) is 14.0. The molecule has 2 aromatic rings. The molecule has 0 aliphatic carbocycles. The van der Waals surface area contributed by atoms with Gasteiger partial charge in [0.15, 0.2) is 0 Å². The average molecular weight is 345 g/mol. The molecule has 1 atom stereocenters. The van der Waals surface area contributed by atoms with Gasteiger partial charge in [0.1, 0.15) is 10.7 Å².